The van der Waals surface area contributed by atoms with Gasteiger partial charge in [-0.15, -0.1) is 0 Å². The quantitative estimate of drug-likeness (QED) is 0.576. The van der Waals surface area contributed by atoms with Gasteiger partial charge >= 0.3 is 0 Å². The molecule has 0 spiro atoms. The molecule has 0 saturated carbocycles. The van der Waals surface area contributed by atoms with Gasteiger partial charge in [0.2, 0.25) is 5.91 Å². The fourth-order valence-corrected chi connectivity index (χ4v) is 3.85. The number of carbonyl (C=O) groups excluding carboxylic acids is 1. The molecule has 174 valence electrons. The number of hydrogen-bond donors (Lipinski definition) is 2. The van der Waals surface area contributed by atoms with E-state index in [1.807, 2.05) is 10.7 Å². The molecule has 0 bridgehead atoms. The van der Waals surface area contributed by atoms with Gasteiger partial charge in [-0.25, -0.2) is 4.98 Å². The molecule has 0 atom stereocenters. The molecule has 4 rings (SSSR count). The maximum Gasteiger partial charge on any atom is 0.287 e. The number of anilines is 3. The number of aryl methyl sites for hydroxylation is 1. The number of likely N-dealkylation sites (N-methyl/N-ethyl adjacent to an activating group) is 1. The molecule has 3 aromatic heterocycles. The maximum absolute atomic E-state index is 13.9. The second-order valence-electron chi connectivity index (χ2n) is 8.30. The minimum atomic E-state index is -3.07. The molecule has 1 aliphatic heterocycles. The summed E-state index contributed by atoms with van der Waals surface area (Å²) in [5.41, 5.74) is 3.72. The zero-order valence-corrected chi connectivity index (χ0v) is 19.1. The molecule has 1 aliphatic rings. The summed E-state index contributed by atoms with van der Waals surface area (Å²) in [6, 6.07) is 6.71. The molecule has 10 heteroatoms. The van der Waals surface area contributed by atoms with E-state index in [0.29, 0.717) is 28.5 Å². The van der Waals surface area contributed by atoms with Crippen LogP contribution in [0.1, 0.15) is 37.9 Å². The van der Waals surface area contributed by atoms with Gasteiger partial charge in [0, 0.05) is 56.1 Å². The molecule has 2 N–H and O–H groups in total. The molecule has 0 unspecified atom stereocenters. The van der Waals surface area contributed by atoms with Crippen LogP contribution >= 0.6 is 0 Å². The van der Waals surface area contributed by atoms with Crippen molar-refractivity contribution in [2.45, 2.75) is 46.7 Å². The normalized spacial score (nSPS) is 14.1. The predicted octanol–water partition coefficient (Wildman–Crippen LogP) is 4.30. The minimum absolute atomic E-state index is 0.258. The van der Waals surface area contributed by atoms with Crippen LogP contribution in [0.4, 0.5) is 26.0 Å². The van der Waals surface area contributed by atoms with Crippen LogP contribution in [0.5, 0.6) is 0 Å². The van der Waals surface area contributed by atoms with Gasteiger partial charge in [0.15, 0.2) is 0 Å². The number of carbonyl (C=O) groups is 1. The van der Waals surface area contributed by atoms with Gasteiger partial charge in [-0.2, -0.15) is 13.9 Å². The van der Waals surface area contributed by atoms with Crippen LogP contribution in [0, 0.1) is 6.92 Å². The van der Waals surface area contributed by atoms with Crippen molar-refractivity contribution >= 4 is 23.1 Å². The maximum atomic E-state index is 13.9. The van der Waals surface area contributed by atoms with E-state index in [0.717, 1.165) is 44.5 Å². The van der Waals surface area contributed by atoms with E-state index in [1.165, 1.54) is 13.0 Å². The summed E-state index contributed by atoms with van der Waals surface area (Å²) in [7, 11) is 0. The lowest BCUT2D eigenvalue weighted by Crippen LogP contribution is -2.33. The molecule has 3 aromatic rings. The predicted molar refractivity (Wildman–Crippen MR) is 123 cm³/mol. The zero-order valence-electron chi connectivity index (χ0n) is 19.1. The first-order valence-corrected chi connectivity index (χ1v) is 10.8. The van der Waals surface area contributed by atoms with E-state index in [4.69, 9.17) is 5.10 Å². The van der Waals surface area contributed by atoms with Gasteiger partial charge in [-0.3, -0.25) is 19.4 Å². The third-order valence-electron chi connectivity index (χ3n) is 5.49. The summed E-state index contributed by atoms with van der Waals surface area (Å²) in [5.74, 6) is -2.98. The van der Waals surface area contributed by atoms with E-state index in [2.05, 4.69) is 32.4 Å². The fraction of sp³-hybridized carbons (Fsp3) is 0.391. The number of alkyl halides is 2. The summed E-state index contributed by atoms with van der Waals surface area (Å²) in [6.07, 6.45) is 1.63. The van der Waals surface area contributed by atoms with Gasteiger partial charge in [-0.1, -0.05) is 6.92 Å². The van der Waals surface area contributed by atoms with Crippen molar-refractivity contribution in [2.24, 2.45) is 0 Å². The van der Waals surface area contributed by atoms with Gasteiger partial charge < -0.3 is 10.6 Å². The van der Waals surface area contributed by atoms with Crippen LogP contribution in [-0.4, -0.2) is 43.6 Å². The highest BCUT2D eigenvalue weighted by Crippen LogP contribution is 2.34. The van der Waals surface area contributed by atoms with Crippen LogP contribution in [0.15, 0.2) is 30.5 Å². The smallest absolute Gasteiger partial charge is 0.287 e. The Balaban J connectivity index is 1.75. The molecule has 1 amide bonds. The lowest BCUT2D eigenvalue weighted by Gasteiger charge is -2.25. The summed E-state index contributed by atoms with van der Waals surface area (Å²) in [6.45, 7) is 9.51. The highest BCUT2D eigenvalue weighted by Gasteiger charge is 2.27. The van der Waals surface area contributed by atoms with E-state index < -0.39 is 5.92 Å². The van der Waals surface area contributed by atoms with Crippen LogP contribution < -0.4 is 10.6 Å². The Hall–Kier alpha value is -3.40. The van der Waals surface area contributed by atoms with Gasteiger partial charge in [-0.05, 0) is 31.7 Å². The lowest BCUT2D eigenvalue weighted by molar-refractivity contribution is -0.114. The summed E-state index contributed by atoms with van der Waals surface area (Å²) >= 11 is 0. The minimum Gasteiger partial charge on any atom is -0.355 e. The average molecular weight is 456 g/mol. The third kappa shape index (κ3) is 5.16. The topological polar surface area (TPSA) is 88.0 Å². The highest BCUT2D eigenvalue weighted by atomic mass is 19.3. The number of hydrogen-bond acceptors (Lipinski definition) is 6. The first-order chi connectivity index (χ1) is 15.6. The van der Waals surface area contributed by atoms with E-state index >= 15 is 0 Å². The molecule has 8 nitrogen and oxygen atoms in total. The number of rotatable bonds is 6. The molecule has 0 aliphatic carbocycles. The first kappa shape index (κ1) is 22.8. The third-order valence-corrected chi connectivity index (χ3v) is 5.49. The summed E-state index contributed by atoms with van der Waals surface area (Å²) < 4.78 is 29.9. The number of amides is 1. The largest absolute Gasteiger partial charge is 0.355 e. The van der Waals surface area contributed by atoms with Gasteiger partial charge in [0.1, 0.15) is 11.5 Å². The van der Waals surface area contributed by atoms with Crippen molar-refractivity contribution in [3.8, 4) is 11.3 Å². The standard InChI is InChI=1S/C23H27F2N7O/c1-5-31-6-7-32-17(13-31)10-20(30-32)18-12-26-22(28-15(3)33)11-19(18)29-16-8-14(2)27-21(9-16)23(4,24)25/h8-12H,5-7,13H2,1-4H3,(H2,26,27,28,29,33). The molecule has 0 aromatic carbocycles. The number of nitrogens with zero attached hydrogens (tertiary/aromatic N) is 5. The molecular formula is C23H27F2N7O. The number of fused-ring (bicyclic) bond motifs is 1. The molecule has 0 fully saturated rings. The van der Waals surface area contributed by atoms with Gasteiger partial charge in [0.05, 0.1) is 23.6 Å². The van der Waals surface area contributed by atoms with Crippen molar-refractivity contribution in [1.29, 1.82) is 0 Å². The number of pyridine rings is 2. The fourth-order valence-electron chi connectivity index (χ4n) is 3.85. The van der Waals surface area contributed by atoms with Crippen molar-refractivity contribution in [1.82, 2.24) is 24.6 Å². The Labute approximate surface area is 191 Å². The van der Waals surface area contributed by atoms with E-state index in [1.54, 1.807) is 25.3 Å². The number of halogens is 2. The number of aromatic nitrogens is 4. The Bertz CT molecular complexity index is 1190. The molecule has 0 saturated heterocycles. The van der Waals surface area contributed by atoms with Crippen LogP contribution in [0.3, 0.4) is 0 Å². The number of nitrogens with one attached hydrogen (secondary N) is 2. The second-order valence-corrected chi connectivity index (χ2v) is 8.30. The monoisotopic (exact) mass is 455 g/mol. The zero-order chi connectivity index (χ0) is 23.8. The Morgan fingerprint density at radius 2 is 2.00 bits per heavy atom. The van der Waals surface area contributed by atoms with Crippen LogP contribution in [0.25, 0.3) is 11.3 Å². The lowest BCUT2D eigenvalue weighted by atomic mass is 10.1. The van der Waals surface area contributed by atoms with Crippen LogP contribution in [-0.2, 0) is 23.8 Å². The SMILES string of the molecule is CCN1CCn2nc(-c3cnc(NC(C)=O)cc3Nc3cc(C)nc(C(C)(F)F)c3)cc2C1. The molecule has 33 heavy (non-hydrogen) atoms. The highest BCUT2D eigenvalue weighted by molar-refractivity contribution is 5.90. The van der Waals surface area contributed by atoms with Crippen molar-refractivity contribution in [3.05, 3.63) is 47.5 Å². The Kier molecular flexibility index (Phi) is 6.11. The van der Waals surface area contributed by atoms with Crippen LogP contribution in [0.2, 0.25) is 0 Å². The van der Waals surface area contributed by atoms with E-state index in [9.17, 15) is 13.6 Å². The summed E-state index contributed by atoms with van der Waals surface area (Å²) in [5, 5.41) is 10.6. The molecule has 0 radical (unpaired) electrons. The summed E-state index contributed by atoms with van der Waals surface area (Å²) in [4.78, 5) is 22.2. The Morgan fingerprint density at radius 1 is 1.21 bits per heavy atom. The molecular weight excluding hydrogens is 428 g/mol. The van der Waals surface area contributed by atoms with E-state index in [-0.39, 0.29) is 11.6 Å². The Morgan fingerprint density at radius 3 is 2.70 bits per heavy atom. The first-order valence-electron chi connectivity index (χ1n) is 10.8. The second kappa shape index (κ2) is 8.86. The van der Waals surface area contributed by atoms with Crippen molar-refractivity contribution < 1.29 is 13.6 Å². The molecule has 4 heterocycles. The average Bonchev–Trinajstić information content (AvgIpc) is 3.15. The van der Waals surface area contributed by atoms with Crippen molar-refractivity contribution in [2.75, 3.05) is 23.7 Å². The van der Waals surface area contributed by atoms with Crippen molar-refractivity contribution in [3.63, 3.8) is 0 Å². The van der Waals surface area contributed by atoms with Gasteiger partial charge in [0.25, 0.3) is 5.92 Å².